The second-order valence-electron chi connectivity index (χ2n) is 3.34. The number of aromatic nitrogens is 2. The van der Waals surface area contributed by atoms with Crippen LogP contribution in [0.15, 0.2) is 18.2 Å². The third-order valence-corrected chi connectivity index (χ3v) is 2.26. The largest absolute Gasteiger partial charge is 0.503 e. The molecule has 0 bridgehead atoms. The molecule has 16 heavy (non-hydrogen) atoms. The maximum Gasteiger partial charge on any atom is 0.188 e. The molecule has 0 spiro atoms. The zero-order valence-electron chi connectivity index (χ0n) is 8.41. The molecule has 0 amide bonds. The summed E-state index contributed by atoms with van der Waals surface area (Å²) in [4.78, 5) is 0. The Bertz CT molecular complexity index is 532. The summed E-state index contributed by atoms with van der Waals surface area (Å²) >= 11 is 0. The highest BCUT2D eigenvalue weighted by Gasteiger charge is 2.16. The fourth-order valence-electron chi connectivity index (χ4n) is 1.35. The first-order valence-electron chi connectivity index (χ1n) is 4.47. The number of nitrogens with zero attached hydrogens (tertiary/aromatic N) is 2. The Morgan fingerprint density at radius 2 is 2.06 bits per heavy atom. The number of nitrogen functional groups attached to an aromatic ring is 1. The van der Waals surface area contributed by atoms with Gasteiger partial charge in [-0.05, 0) is 12.1 Å². The average molecular weight is 225 g/mol. The van der Waals surface area contributed by atoms with Crippen LogP contribution in [0.4, 0.5) is 14.6 Å². The molecule has 1 heterocycles. The molecular weight excluding hydrogens is 216 g/mol. The molecule has 84 valence electrons. The topological polar surface area (TPSA) is 64.1 Å². The number of benzene rings is 1. The summed E-state index contributed by atoms with van der Waals surface area (Å²) in [7, 11) is 1.60. The highest BCUT2D eigenvalue weighted by molar-refractivity contribution is 5.64. The number of halogens is 2. The number of hydrogen-bond donors (Lipinski definition) is 2. The van der Waals surface area contributed by atoms with Gasteiger partial charge >= 0.3 is 0 Å². The van der Waals surface area contributed by atoms with E-state index in [1.54, 1.807) is 7.05 Å². The van der Waals surface area contributed by atoms with Crippen molar-refractivity contribution in [2.45, 2.75) is 0 Å². The number of phenols is 1. The number of hydrogen-bond acceptors (Lipinski definition) is 3. The van der Waals surface area contributed by atoms with Gasteiger partial charge in [-0.3, -0.25) is 4.68 Å². The normalized spacial score (nSPS) is 10.7. The van der Waals surface area contributed by atoms with Gasteiger partial charge in [0.15, 0.2) is 17.4 Å². The van der Waals surface area contributed by atoms with E-state index in [1.807, 2.05) is 0 Å². The first-order chi connectivity index (χ1) is 7.50. The number of anilines is 1. The van der Waals surface area contributed by atoms with Crippen molar-refractivity contribution >= 4 is 5.82 Å². The Hall–Kier alpha value is -2.11. The van der Waals surface area contributed by atoms with E-state index in [0.29, 0.717) is 5.82 Å². The minimum absolute atomic E-state index is 0.00574. The van der Waals surface area contributed by atoms with Crippen LogP contribution in [0.2, 0.25) is 0 Å². The van der Waals surface area contributed by atoms with Crippen molar-refractivity contribution in [1.29, 1.82) is 0 Å². The van der Waals surface area contributed by atoms with Gasteiger partial charge in [-0.25, -0.2) is 8.78 Å². The third-order valence-electron chi connectivity index (χ3n) is 2.26. The molecule has 0 atom stereocenters. The van der Waals surface area contributed by atoms with Crippen molar-refractivity contribution in [2.75, 3.05) is 5.73 Å². The van der Waals surface area contributed by atoms with Gasteiger partial charge in [0.1, 0.15) is 5.82 Å². The van der Waals surface area contributed by atoms with Crippen LogP contribution < -0.4 is 5.73 Å². The molecule has 2 aromatic rings. The zero-order valence-corrected chi connectivity index (χ0v) is 8.41. The monoisotopic (exact) mass is 225 g/mol. The standard InChI is InChI=1S/C10H9F2N3O/c1-15-8(13)4-7(14-15)5-2-3-6(11)10(16)9(5)12/h2-4,16H,13H2,1H3. The van der Waals surface area contributed by atoms with Crippen molar-refractivity contribution in [3.05, 3.63) is 29.8 Å². The van der Waals surface area contributed by atoms with Crippen LogP contribution >= 0.6 is 0 Å². The summed E-state index contributed by atoms with van der Waals surface area (Å²) in [5.41, 5.74) is 5.79. The molecule has 2 rings (SSSR count). The molecule has 0 fully saturated rings. The highest BCUT2D eigenvalue weighted by Crippen LogP contribution is 2.30. The van der Waals surface area contributed by atoms with Crippen molar-refractivity contribution in [3.8, 4) is 17.0 Å². The molecule has 0 unspecified atom stereocenters. The number of phenolic OH excluding ortho intramolecular Hbond substituents is 1. The number of aryl methyl sites for hydroxylation is 1. The smallest absolute Gasteiger partial charge is 0.188 e. The molecule has 0 saturated carbocycles. The van der Waals surface area contributed by atoms with E-state index in [-0.39, 0.29) is 11.3 Å². The maximum absolute atomic E-state index is 13.5. The second-order valence-corrected chi connectivity index (χ2v) is 3.34. The summed E-state index contributed by atoms with van der Waals surface area (Å²) < 4.78 is 27.7. The summed E-state index contributed by atoms with van der Waals surface area (Å²) in [6.07, 6.45) is 0. The van der Waals surface area contributed by atoms with Gasteiger partial charge in [0.05, 0.1) is 5.69 Å². The fraction of sp³-hybridized carbons (Fsp3) is 0.100. The van der Waals surface area contributed by atoms with E-state index in [9.17, 15) is 8.78 Å². The lowest BCUT2D eigenvalue weighted by atomic mass is 10.1. The van der Waals surface area contributed by atoms with E-state index >= 15 is 0 Å². The van der Waals surface area contributed by atoms with E-state index in [0.717, 1.165) is 6.07 Å². The van der Waals surface area contributed by atoms with Gasteiger partial charge in [0.2, 0.25) is 0 Å². The van der Waals surface area contributed by atoms with Crippen molar-refractivity contribution in [3.63, 3.8) is 0 Å². The summed E-state index contributed by atoms with van der Waals surface area (Å²) in [6, 6.07) is 3.61. The van der Waals surface area contributed by atoms with Gasteiger partial charge in [0.25, 0.3) is 0 Å². The van der Waals surface area contributed by atoms with Gasteiger partial charge in [0, 0.05) is 18.7 Å². The quantitative estimate of drug-likeness (QED) is 0.775. The van der Waals surface area contributed by atoms with Crippen LogP contribution in [-0.4, -0.2) is 14.9 Å². The molecule has 0 aliphatic heterocycles. The maximum atomic E-state index is 13.5. The van der Waals surface area contributed by atoms with E-state index in [2.05, 4.69) is 5.10 Å². The Kier molecular flexibility index (Phi) is 2.26. The van der Waals surface area contributed by atoms with Crippen LogP contribution in [0.25, 0.3) is 11.3 Å². The Morgan fingerprint density at radius 1 is 1.38 bits per heavy atom. The minimum atomic E-state index is -1.04. The second kappa shape index (κ2) is 3.48. The van der Waals surface area contributed by atoms with Crippen LogP contribution in [0.5, 0.6) is 5.75 Å². The predicted molar refractivity (Wildman–Crippen MR) is 54.6 cm³/mol. The lowest BCUT2D eigenvalue weighted by Crippen LogP contribution is -1.96. The molecule has 0 radical (unpaired) electrons. The molecule has 0 aliphatic carbocycles. The van der Waals surface area contributed by atoms with E-state index in [1.165, 1.54) is 16.8 Å². The van der Waals surface area contributed by atoms with Crippen molar-refractivity contribution < 1.29 is 13.9 Å². The number of rotatable bonds is 1. The predicted octanol–water partition coefficient (Wildman–Crippen LogP) is 1.65. The summed E-state index contributed by atoms with van der Waals surface area (Å²) in [5, 5.41) is 13.0. The number of aromatic hydroxyl groups is 1. The molecule has 1 aromatic heterocycles. The average Bonchev–Trinajstić information content (AvgIpc) is 2.56. The van der Waals surface area contributed by atoms with Crippen LogP contribution in [0.1, 0.15) is 0 Å². The Labute approximate surface area is 89.9 Å². The Balaban J connectivity index is 2.61. The summed E-state index contributed by atoms with van der Waals surface area (Å²) in [6.45, 7) is 0. The van der Waals surface area contributed by atoms with Crippen LogP contribution in [0.3, 0.4) is 0 Å². The minimum Gasteiger partial charge on any atom is -0.503 e. The molecule has 6 heteroatoms. The van der Waals surface area contributed by atoms with Gasteiger partial charge in [-0.1, -0.05) is 0 Å². The SMILES string of the molecule is Cn1nc(-c2ccc(F)c(O)c2F)cc1N. The molecule has 0 saturated heterocycles. The van der Waals surface area contributed by atoms with E-state index in [4.69, 9.17) is 10.8 Å². The highest BCUT2D eigenvalue weighted by atomic mass is 19.1. The van der Waals surface area contributed by atoms with Crippen LogP contribution in [0, 0.1) is 11.6 Å². The summed E-state index contributed by atoms with van der Waals surface area (Å²) in [5.74, 6) is -2.72. The fourth-order valence-corrected chi connectivity index (χ4v) is 1.35. The van der Waals surface area contributed by atoms with Crippen LogP contribution in [-0.2, 0) is 7.05 Å². The van der Waals surface area contributed by atoms with Gasteiger partial charge in [-0.2, -0.15) is 5.10 Å². The molecule has 3 N–H and O–H groups in total. The molecule has 1 aromatic carbocycles. The van der Waals surface area contributed by atoms with Crippen molar-refractivity contribution in [2.24, 2.45) is 7.05 Å². The zero-order chi connectivity index (χ0) is 11.9. The lowest BCUT2D eigenvalue weighted by molar-refractivity contribution is 0.397. The molecule has 0 aliphatic rings. The number of nitrogens with two attached hydrogens (primary N) is 1. The van der Waals surface area contributed by atoms with Crippen molar-refractivity contribution in [1.82, 2.24) is 9.78 Å². The van der Waals surface area contributed by atoms with E-state index < -0.39 is 17.4 Å². The van der Waals surface area contributed by atoms with Gasteiger partial charge in [-0.15, -0.1) is 0 Å². The molecular formula is C10H9F2N3O. The third kappa shape index (κ3) is 1.48. The Morgan fingerprint density at radius 3 is 2.62 bits per heavy atom. The molecule has 4 nitrogen and oxygen atoms in total. The lowest BCUT2D eigenvalue weighted by Gasteiger charge is -2.02. The first-order valence-corrected chi connectivity index (χ1v) is 4.47. The first kappa shape index (κ1) is 10.4. The van der Waals surface area contributed by atoms with Gasteiger partial charge < -0.3 is 10.8 Å².